The summed E-state index contributed by atoms with van der Waals surface area (Å²) in [5.74, 6) is -0.0181. The van der Waals surface area contributed by atoms with Crippen molar-refractivity contribution in [2.75, 3.05) is 19.8 Å². The molecule has 174 valence electrons. The number of imidazole rings is 1. The lowest BCUT2D eigenvalue weighted by Gasteiger charge is -2.43. The second kappa shape index (κ2) is 9.53. The van der Waals surface area contributed by atoms with Gasteiger partial charge in [0.25, 0.3) is 10.0 Å². The summed E-state index contributed by atoms with van der Waals surface area (Å²) in [6.45, 7) is 0.0978. The molecule has 0 spiro atoms. The number of nitrogens with zero attached hydrogens (tertiary/aromatic N) is 3. The summed E-state index contributed by atoms with van der Waals surface area (Å²) in [4.78, 5) is 16.4. The number of aromatic nitrogens is 2. The lowest BCUT2D eigenvalue weighted by molar-refractivity contribution is -0.146. The molecule has 1 saturated carbocycles. The summed E-state index contributed by atoms with van der Waals surface area (Å²) >= 11 is 0. The van der Waals surface area contributed by atoms with Gasteiger partial charge < -0.3 is 24.5 Å². The van der Waals surface area contributed by atoms with E-state index in [1.165, 1.54) is 16.8 Å². The minimum Gasteiger partial charge on any atom is -0.389 e. The first-order valence-corrected chi connectivity index (χ1v) is 12.5. The number of carbonyl (C=O) groups excluding carboxylic acids is 1. The molecule has 0 radical (unpaired) electrons. The molecule has 4 rings (SSSR count). The Labute approximate surface area is 183 Å². The molecule has 3 heterocycles. The predicted molar refractivity (Wildman–Crippen MR) is 111 cm³/mol. The summed E-state index contributed by atoms with van der Waals surface area (Å²) in [7, 11) is -2.21. The van der Waals surface area contributed by atoms with E-state index in [-0.39, 0.29) is 49.3 Å². The first kappa shape index (κ1) is 22.7. The molecule has 3 fully saturated rings. The molecule has 0 aromatic carbocycles. The minimum atomic E-state index is -3.91. The van der Waals surface area contributed by atoms with Crippen LogP contribution in [0.1, 0.15) is 44.9 Å². The highest BCUT2D eigenvalue weighted by Crippen LogP contribution is 2.31. The van der Waals surface area contributed by atoms with Crippen molar-refractivity contribution in [3.63, 3.8) is 0 Å². The molecule has 3 aliphatic rings. The normalized spacial score (nSPS) is 31.0. The van der Waals surface area contributed by atoms with Crippen molar-refractivity contribution in [3.05, 3.63) is 12.5 Å². The van der Waals surface area contributed by atoms with E-state index in [0.29, 0.717) is 12.8 Å². The highest BCUT2D eigenvalue weighted by Gasteiger charge is 2.44. The van der Waals surface area contributed by atoms with E-state index in [1.807, 2.05) is 0 Å². The molecule has 11 heteroatoms. The Hall–Kier alpha value is -1.53. The second-order valence-electron chi connectivity index (χ2n) is 8.84. The van der Waals surface area contributed by atoms with Crippen LogP contribution in [-0.4, -0.2) is 83.4 Å². The molecule has 2 saturated heterocycles. The van der Waals surface area contributed by atoms with Gasteiger partial charge in [0, 0.05) is 25.8 Å². The average molecular weight is 457 g/mol. The fourth-order valence-electron chi connectivity index (χ4n) is 4.78. The van der Waals surface area contributed by atoms with Gasteiger partial charge in [0.05, 0.1) is 50.3 Å². The molecule has 2 N–H and O–H groups in total. The Morgan fingerprint density at radius 1 is 1.26 bits per heavy atom. The fourth-order valence-corrected chi connectivity index (χ4v) is 6.46. The monoisotopic (exact) mass is 456 g/mol. The van der Waals surface area contributed by atoms with Crippen molar-refractivity contribution in [2.45, 2.75) is 80.4 Å². The summed E-state index contributed by atoms with van der Waals surface area (Å²) in [5, 5.41) is 13.3. The van der Waals surface area contributed by atoms with E-state index in [2.05, 4.69) is 10.3 Å². The minimum absolute atomic E-state index is 0.0181. The topological polar surface area (TPSA) is 123 Å². The number of β-amino-alcohol motifs (C(OH)–C–C–N with tert-alkyl or cyclic N) is 1. The van der Waals surface area contributed by atoms with Crippen LogP contribution >= 0.6 is 0 Å². The van der Waals surface area contributed by atoms with Crippen LogP contribution in [0.15, 0.2) is 17.6 Å². The maximum Gasteiger partial charge on any atom is 0.262 e. The largest absolute Gasteiger partial charge is 0.389 e. The standard InChI is InChI=1S/C20H32N4O6S/c1-23-10-20(21-13-23)31(27,28)24-9-15(25)11-29-12-18-17(24)7-6-16(30-18)8-19(26)22-14-4-2-3-5-14/h10,13-18,25H,2-9,11-12H2,1H3,(H,22,26)/t15-,16+,17+,18-/m0/s1. The first-order valence-electron chi connectivity index (χ1n) is 11.0. The third-order valence-electron chi connectivity index (χ3n) is 6.32. The number of hydrogen-bond donors (Lipinski definition) is 2. The van der Waals surface area contributed by atoms with Crippen molar-refractivity contribution in [2.24, 2.45) is 7.05 Å². The Morgan fingerprint density at radius 2 is 2.03 bits per heavy atom. The van der Waals surface area contributed by atoms with Gasteiger partial charge in [0.1, 0.15) is 0 Å². The van der Waals surface area contributed by atoms with Crippen molar-refractivity contribution in [3.8, 4) is 0 Å². The van der Waals surface area contributed by atoms with Gasteiger partial charge in [0.15, 0.2) is 5.03 Å². The number of carbonyl (C=O) groups is 1. The molecular formula is C20H32N4O6S. The zero-order valence-corrected chi connectivity index (χ0v) is 18.7. The van der Waals surface area contributed by atoms with E-state index >= 15 is 0 Å². The van der Waals surface area contributed by atoms with Gasteiger partial charge in [-0.2, -0.15) is 4.31 Å². The van der Waals surface area contributed by atoms with Crippen molar-refractivity contribution >= 4 is 15.9 Å². The smallest absolute Gasteiger partial charge is 0.262 e. The van der Waals surface area contributed by atoms with E-state index < -0.39 is 28.3 Å². The van der Waals surface area contributed by atoms with E-state index in [4.69, 9.17) is 9.47 Å². The highest BCUT2D eigenvalue weighted by molar-refractivity contribution is 7.89. The molecule has 1 aromatic heterocycles. The van der Waals surface area contributed by atoms with Crippen molar-refractivity contribution in [1.82, 2.24) is 19.2 Å². The first-order chi connectivity index (χ1) is 14.8. The van der Waals surface area contributed by atoms with E-state index in [0.717, 1.165) is 25.7 Å². The number of ether oxygens (including phenoxy) is 2. The lowest BCUT2D eigenvalue weighted by Crippen LogP contribution is -2.57. The van der Waals surface area contributed by atoms with E-state index in [1.54, 1.807) is 11.6 Å². The van der Waals surface area contributed by atoms with Gasteiger partial charge in [0.2, 0.25) is 5.91 Å². The Bertz CT molecular complexity index is 869. The third kappa shape index (κ3) is 5.28. The Morgan fingerprint density at radius 3 is 2.74 bits per heavy atom. The summed E-state index contributed by atoms with van der Waals surface area (Å²) in [5.41, 5.74) is 0. The Kier molecular flexibility index (Phi) is 6.97. The molecule has 4 atom stereocenters. The number of aryl methyl sites for hydroxylation is 1. The number of aliphatic hydroxyl groups is 1. The number of rotatable bonds is 5. The number of fused-ring (bicyclic) bond motifs is 1. The van der Waals surface area contributed by atoms with Crippen LogP contribution in [0.3, 0.4) is 0 Å². The molecule has 1 aliphatic carbocycles. The van der Waals surface area contributed by atoms with Crippen LogP contribution in [-0.2, 0) is 31.3 Å². The molecule has 31 heavy (non-hydrogen) atoms. The fraction of sp³-hybridized carbons (Fsp3) is 0.800. The number of sulfonamides is 1. The SMILES string of the molecule is Cn1cnc(S(=O)(=O)N2C[C@H](O)COC[C@@H]3O[C@@H](CC(=O)NC4CCCC4)CC[C@H]32)c1. The Balaban J connectivity index is 1.46. The van der Waals surface area contributed by atoms with Crippen LogP contribution in [0.2, 0.25) is 0 Å². The van der Waals surface area contributed by atoms with Crippen LogP contribution in [0.4, 0.5) is 0 Å². The number of aliphatic hydroxyl groups excluding tert-OH is 1. The summed E-state index contributed by atoms with van der Waals surface area (Å²) in [6.07, 6.45) is 6.85. The van der Waals surface area contributed by atoms with Gasteiger partial charge >= 0.3 is 0 Å². The molecule has 0 bridgehead atoms. The molecule has 1 aromatic rings. The lowest BCUT2D eigenvalue weighted by atomic mass is 9.96. The van der Waals surface area contributed by atoms with Gasteiger partial charge in [-0.05, 0) is 25.7 Å². The number of nitrogens with one attached hydrogen (secondary N) is 1. The molecule has 1 amide bonds. The van der Waals surface area contributed by atoms with Crippen LogP contribution in [0.25, 0.3) is 0 Å². The molecule has 2 aliphatic heterocycles. The zero-order chi connectivity index (χ0) is 22.0. The zero-order valence-electron chi connectivity index (χ0n) is 17.9. The number of amides is 1. The van der Waals surface area contributed by atoms with Gasteiger partial charge in [-0.15, -0.1) is 0 Å². The molecule has 10 nitrogen and oxygen atoms in total. The van der Waals surface area contributed by atoms with Gasteiger partial charge in [-0.1, -0.05) is 12.8 Å². The van der Waals surface area contributed by atoms with Crippen LogP contribution in [0, 0.1) is 0 Å². The van der Waals surface area contributed by atoms with Crippen molar-refractivity contribution < 1.29 is 27.8 Å². The van der Waals surface area contributed by atoms with Gasteiger partial charge in [-0.25, -0.2) is 13.4 Å². The van der Waals surface area contributed by atoms with Crippen molar-refractivity contribution in [1.29, 1.82) is 0 Å². The summed E-state index contributed by atoms with van der Waals surface area (Å²) < 4.78 is 41.2. The molecule has 0 unspecified atom stereocenters. The molecular weight excluding hydrogens is 424 g/mol. The highest BCUT2D eigenvalue weighted by atomic mass is 32.2. The second-order valence-corrected chi connectivity index (χ2v) is 10.7. The maximum atomic E-state index is 13.3. The number of hydrogen-bond acceptors (Lipinski definition) is 7. The average Bonchev–Trinajstić information content (AvgIpc) is 3.37. The third-order valence-corrected chi connectivity index (χ3v) is 8.10. The van der Waals surface area contributed by atoms with E-state index in [9.17, 15) is 18.3 Å². The maximum absolute atomic E-state index is 13.3. The quantitative estimate of drug-likeness (QED) is 0.647. The van der Waals surface area contributed by atoms with Crippen LogP contribution in [0.5, 0.6) is 0 Å². The van der Waals surface area contributed by atoms with Crippen LogP contribution < -0.4 is 5.32 Å². The summed E-state index contributed by atoms with van der Waals surface area (Å²) in [6, 6.07) is -0.231. The predicted octanol–water partition coefficient (Wildman–Crippen LogP) is 0.167. The van der Waals surface area contributed by atoms with Gasteiger partial charge in [-0.3, -0.25) is 4.79 Å².